The molecule has 0 fully saturated rings. The van der Waals surface area contributed by atoms with Crippen LogP contribution >= 0.6 is 0 Å². The SMILES string of the molecule is CCOC(=O)c1nn(CC(=O)O)c2c1CCCC2=O. The largest absolute Gasteiger partial charge is 0.480 e. The van der Waals surface area contributed by atoms with Gasteiger partial charge >= 0.3 is 11.9 Å². The predicted molar refractivity (Wildman–Crippen MR) is 63.1 cm³/mol. The highest BCUT2D eigenvalue weighted by Gasteiger charge is 2.30. The van der Waals surface area contributed by atoms with Crippen molar-refractivity contribution in [2.24, 2.45) is 0 Å². The van der Waals surface area contributed by atoms with Gasteiger partial charge in [-0.15, -0.1) is 0 Å². The zero-order valence-electron chi connectivity index (χ0n) is 10.5. The minimum absolute atomic E-state index is 0.0613. The summed E-state index contributed by atoms with van der Waals surface area (Å²) in [5, 5.41) is 12.8. The molecule has 2 rings (SSSR count). The number of carboxylic acids is 1. The third-order valence-electron chi connectivity index (χ3n) is 2.90. The maximum absolute atomic E-state index is 11.9. The number of ketones is 1. The summed E-state index contributed by atoms with van der Waals surface area (Å²) in [6.45, 7) is 1.44. The fourth-order valence-electron chi connectivity index (χ4n) is 2.20. The smallest absolute Gasteiger partial charge is 0.359 e. The third-order valence-corrected chi connectivity index (χ3v) is 2.90. The zero-order chi connectivity index (χ0) is 14.0. The van der Waals surface area contributed by atoms with E-state index in [2.05, 4.69) is 5.10 Å². The van der Waals surface area contributed by atoms with E-state index in [0.29, 0.717) is 24.8 Å². The number of carbonyl (C=O) groups is 3. The maximum atomic E-state index is 11.9. The van der Waals surface area contributed by atoms with Crippen LogP contribution in [0.4, 0.5) is 0 Å². The second-order valence-electron chi connectivity index (χ2n) is 4.22. The lowest BCUT2D eigenvalue weighted by Crippen LogP contribution is -2.19. The van der Waals surface area contributed by atoms with Crippen LogP contribution in [0.1, 0.15) is 46.3 Å². The first-order chi connectivity index (χ1) is 9.04. The normalized spacial score (nSPS) is 14.1. The maximum Gasteiger partial charge on any atom is 0.359 e. The molecule has 7 heteroatoms. The van der Waals surface area contributed by atoms with E-state index in [0.717, 1.165) is 4.68 Å². The Labute approximate surface area is 109 Å². The van der Waals surface area contributed by atoms with Crippen LogP contribution in [0.2, 0.25) is 0 Å². The van der Waals surface area contributed by atoms with Gasteiger partial charge in [0.05, 0.1) is 6.61 Å². The van der Waals surface area contributed by atoms with Gasteiger partial charge in [-0.05, 0) is 19.8 Å². The Hall–Kier alpha value is -2.18. The molecule has 1 aliphatic carbocycles. The summed E-state index contributed by atoms with van der Waals surface area (Å²) in [6.07, 6.45) is 1.52. The number of aliphatic carboxylic acids is 1. The molecule has 19 heavy (non-hydrogen) atoms. The number of hydrogen-bond donors (Lipinski definition) is 1. The average molecular weight is 266 g/mol. The first-order valence-electron chi connectivity index (χ1n) is 6.06. The molecule has 1 aromatic heterocycles. The van der Waals surface area contributed by atoms with Crippen LogP contribution in [0.25, 0.3) is 0 Å². The minimum atomic E-state index is -1.11. The molecule has 0 aliphatic heterocycles. The first-order valence-corrected chi connectivity index (χ1v) is 6.06. The van der Waals surface area contributed by atoms with Crippen molar-refractivity contribution in [2.45, 2.75) is 32.7 Å². The highest BCUT2D eigenvalue weighted by Crippen LogP contribution is 2.25. The molecular weight excluding hydrogens is 252 g/mol. The molecule has 0 atom stereocenters. The number of Topliss-reactive ketones (excluding diaryl/α,β-unsaturated/α-hetero) is 1. The average Bonchev–Trinajstić information content (AvgIpc) is 2.69. The molecule has 1 aromatic rings. The Kier molecular flexibility index (Phi) is 3.64. The second kappa shape index (κ2) is 5.21. The molecule has 1 heterocycles. The summed E-state index contributed by atoms with van der Waals surface area (Å²) in [6, 6.07) is 0. The number of carbonyl (C=O) groups excluding carboxylic acids is 2. The molecule has 0 saturated heterocycles. The van der Waals surface area contributed by atoms with Crippen molar-refractivity contribution in [2.75, 3.05) is 6.61 Å². The summed E-state index contributed by atoms with van der Waals surface area (Å²) in [5.74, 6) is -1.90. The van der Waals surface area contributed by atoms with Gasteiger partial charge < -0.3 is 9.84 Å². The van der Waals surface area contributed by atoms with E-state index in [1.165, 1.54) is 0 Å². The zero-order valence-corrected chi connectivity index (χ0v) is 10.5. The lowest BCUT2D eigenvalue weighted by Gasteiger charge is -2.12. The van der Waals surface area contributed by atoms with Crippen LogP contribution in [0.15, 0.2) is 0 Å². The number of rotatable bonds is 4. The van der Waals surface area contributed by atoms with E-state index in [-0.39, 0.29) is 23.8 Å². The van der Waals surface area contributed by atoms with Crippen LogP contribution in [0, 0.1) is 0 Å². The van der Waals surface area contributed by atoms with Gasteiger partial charge in [-0.2, -0.15) is 5.10 Å². The first kappa shape index (κ1) is 13.3. The van der Waals surface area contributed by atoms with Gasteiger partial charge in [-0.3, -0.25) is 9.59 Å². The summed E-state index contributed by atoms with van der Waals surface area (Å²) in [5.41, 5.74) is 0.804. The molecule has 0 aromatic carbocycles. The van der Waals surface area contributed by atoms with Crippen molar-refractivity contribution in [3.05, 3.63) is 17.0 Å². The van der Waals surface area contributed by atoms with E-state index in [9.17, 15) is 14.4 Å². The van der Waals surface area contributed by atoms with Crippen LogP contribution in [0.3, 0.4) is 0 Å². The van der Waals surface area contributed by atoms with Crippen molar-refractivity contribution >= 4 is 17.7 Å². The molecule has 102 valence electrons. The molecule has 0 bridgehead atoms. The number of carboxylic acid groups (broad SMARTS) is 1. The number of nitrogens with zero attached hydrogens (tertiary/aromatic N) is 2. The van der Waals surface area contributed by atoms with E-state index in [1.807, 2.05) is 0 Å². The molecule has 1 N–H and O–H groups in total. The van der Waals surface area contributed by atoms with E-state index in [1.54, 1.807) is 6.92 Å². The third kappa shape index (κ3) is 2.49. The topological polar surface area (TPSA) is 98.5 Å². The quantitative estimate of drug-likeness (QED) is 0.804. The number of hydrogen-bond acceptors (Lipinski definition) is 5. The second-order valence-corrected chi connectivity index (χ2v) is 4.22. The van der Waals surface area contributed by atoms with Gasteiger partial charge in [-0.25, -0.2) is 9.48 Å². The van der Waals surface area contributed by atoms with Gasteiger partial charge in [0.15, 0.2) is 11.5 Å². The summed E-state index contributed by atoms with van der Waals surface area (Å²) in [7, 11) is 0. The van der Waals surface area contributed by atoms with Gasteiger partial charge in [0.1, 0.15) is 12.2 Å². The molecule has 0 saturated carbocycles. The van der Waals surface area contributed by atoms with Crippen LogP contribution in [-0.4, -0.2) is 39.2 Å². The number of fused-ring (bicyclic) bond motifs is 1. The monoisotopic (exact) mass is 266 g/mol. The van der Waals surface area contributed by atoms with E-state index >= 15 is 0 Å². The number of ether oxygens (including phenoxy) is 1. The van der Waals surface area contributed by atoms with Gasteiger partial charge in [0.2, 0.25) is 0 Å². The molecule has 0 spiro atoms. The summed E-state index contributed by atoms with van der Waals surface area (Å²) >= 11 is 0. The van der Waals surface area contributed by atoms with E-state index < -0.39 is 18.5 Å². The van der Waals surface area contributed by atoms with Gasteiger partial charge in [0, 0.05) is 12.0 Å². The standard InChI is InChI=1S/C12H14N2O5/c1-2-19-12(18)10-7-4-3-5-8(15)11(7)14(13-10)6-9(16)17/h2-6H2,1H3,(H,16,17). The van der Waals surface area contributed by atoms with Gasteiger partial charge in [0.25, 0.3) is 0 Å². The predicted octanol–water partition coefficient (Wildman–Crippen LogP) is 0.663. The van der Waals surface area contributed by atoms with E-state index in [4.69, 9.17) is 9.84 Å². The molecular formula is C12H14N2O5. The fraction of sp³-hybridized carbons (Fsp3) is 0.500. The highest BCUT2D eigenvalue weighted by atomic mass is 16.5. The van der Waals surface area contributed by atoms with Crippen molar-refractivity contribution in [1.82, 2.24) is 9.78 Å². The molecule has 7 nitrogen and oxygen atoms in total. The summed E-state index contributed by atoms with van der Waals surface area (Å²) < 4.78 is 5.96. The molecule has 0 amide bonds. The number of esters is 1. The lowest BCUT2D eigenvalue weighted by atomic mass is 9.94. The van der Waals surface area contributed by atoms with Crippen molar-refractivity contribution in [3.63, 3.8) is 0 Å². The summed E-state index contributed by atoms with van der Waals surface area (Å²) in [4.78, 5) is 34.4. The van der Waals surface area contributed by atoms with Crippen molar-refractivity contribution in [3.8, 4) is 0 Å². The molecule has 1 aliphatic rings. The fourth-order valence-corrected chi connectivity index (χ4v) is 2.20. The molecule has 0 unspecified atom stereocenters. The highest BCUT2D eigenvalue weighted by molar-refractivity contribution is 6.01. The number of aromatic nitrogens is 2. The Morgan fingerprint density at radius 3 is 2.79 bits per heavy atom. The Morgan fingerprint density at radius 2 is 2.16 bits per heavy atom. The van der Waals surface area contributed by atoms with Crippen LogP contribution < -0.4 is 0 Å². The van der Waals surface area contributed by atoms with Crippen molar-refractivity contribution in [1.29, 1.82) is 0 Å². The van der Waals surface area contributed by atoms with Crippen LogP contribution in [-0.2, 0) is 22.5 Å². The molecule has 0 radical (unpaired) electrons. The van der Waals surface area contributed by atoms with Crippen LogP contribution in [0.5, 0.6) is 0 Å². The Bertz CT molecular complexity index is 547. The Morgan fingerprint density at radius 1 is 1.42 bits per heavy atom. The van der Waals surface area contributed by atoms with Gasteiger partial charge in [-0.1, -0.05) is 0 Å². The van der Waals surface area contributed by atoms with Crippen molar-refractivity contribution < 1.29 is 24.2 Å². The lowest BCUT2D eigenvalue weighted by molar-refractivity contribution is -0.137. The Balaban J connectivity index is 2.48. The minimum Gasteiger partial charge on any atom is -0.480 e.